The molecule has 5 heterocycles. The Bertz CT molecular complexity index is 1770. The highest BCUT2D eigenvalue weighted by Gasteiger charge is 2.48. The highest BCUT2D eigenvalue weighted by atomic mass is 19.4. The van der Waals surface area contributed by atoms with E-state index < -0.39 is 17.6 Å². The van der Waals surface area contributed by atoms with Gasteiger partial charge in [-0.15, -0.1) is 0 Å². The second kappa shape index (κ2) is 10.8. The van der Waals surface area contributed by atoms with Crippen LogP contribution in [0.4, 0.5) is 24.8 Å². The van der Waals surface area contributed by atoms with E-state index in [2.05, 4.69) is 29.1 Å². The van der Waals surface area contributed by atoms with E-state index in [9.17, 15) is 22.8 Å². The van der Waals surface area contributed by atoms with Crippen LogP contribution < -0.4 is 15.8 Å². The molecule has 2 atom stereocenters. The topological polar surface area (TPSA) is 128 Å². The summed E-state index contributed by atoms with van der Waals surface area (Å²) in [6, 6.07) is 6.51. The van der Waals surface area contributed by atoms with Gasteiger partial charge >= 0.3 is 6.18 Å². The van der Waals surface area contributed by atoms with Crippen LogP contribution in [0.2, 0.25) is 0 Å². The fourth-order valence-electron chi connectivity index (χ4n) is 6.44. The van der Waals surface area contributed by atoms with E-state index in [-0.39, 0.29) is 47.1 Å². The summed E-state index contributed by atoms with van der Waals surface area (Å²) in [4.78, 5) is 41.1. The van der Waals surface area contributed by atoms with Gasteiger partial charge in [0.2, 0.25) is 5.91 Å². The molecule has 230 valence electrons. The second-order valence-corrected chi connectivity index (χ2v) is 11.9. The standard InChI is InChI=1S/C31H32F3N7O3/c1-4-44-21-13-17(29(43)38-23-14-19(9-10-36-23)31(32,33)34)5-7-20(21)25-26-27(35)37-11-12-40(26)28(39-25)18-6-8-22-30(2,3)15-24(42)41(22)16-18/h5,7,9-14,18,22H,4,6,8,15-16H2,1-3H3,(H2,35,37)(H,36,38,43)/t18-,22+/m0/s1. The van der Waals surface area contributed by atoms with Crippen LogP contribution in [0.15, 0.2) is 48.9 Å². The summed E-state index contributed by atoms with van der Waals surface area (Å²) >= 11 is 0. The highest BCUT2D eigenvalue weighted by molar-refractivity contribution is 6.04. The highest BCUT2D eigenvalue weighted by Crippen LogP contribution is 2.46. The Morgan fingerprint density at radius 3 is 2.70 bits per heavy atom. The largest absolute Gasteiger partial charge is 0.493 e. The number of rotatable bonds is 6. The number of piperidine rings is 1. The molecule has 6 rings (SSSR count). The molecule has 4 aromatic rings. The van der Waals surface area contributed by atoms with Gasteiger partial charge in [-0.25, -0.2) is 15.0 Å². The fourth-order valence-corrected chi connectivity index (χ4v) is 6.44. The predicted octanol–water partition coefficient (Wildman–Crippen LogP) is 5.55. The molecule has 0 bridgehead atoms. The monoisotopic (exact) mass is 607 g/mol. The minimum absolute atomic E-state index is 0.0345. The van der Waals surface area contributed by atoms with Crippen LogP contribution in [-0.2, 0) is 11.0 Å². The van der Waals surface area contributed by atoms with E-state index in [4.69, 9.17) is 15.5 Å². The molecule has 0 spiro atoms. The van der Waals surface area contributed by atoms with E-state index in [1.165, 1.54) is 12.1 Å². The first-order valence-corrected chi connectivity index (χ1v) is 14.4. The van der Waals surface area contributed by atoms with Crippen LogP contribution in [-0.4, -0.2) is 55.3 Å². The molecule has 0 aliphatic carbocycles. The van der Waals surface area contributed by atoms with Crippen molar-refractivity contribution in [1.82, 2.24) is 24.3 Å². The lowest BCUT2D eigenvalue weighted by Crippen LogP contribution is -2.44. The van der Waals surface area contributed by atoms with Gasteiger partial charge in [0.15, 0.2) is 0 Å². The Labute approximate surface area is 251 Å². The Morgan fingerprint density at radius 1 is 1.16 bits per heavy atom. The van der Waals surface area contributed by atoms with Crippen LogP contribution in [0.1, 0.15) is 67.7 Å². The first kappa shape index (κ1) is 29.4. The van der Waals surface area contributed by atoms with Gasteiger partial charge in [-0.3, -0.25) is 14.0 Å². The summed E-state index contributed by atoms with van der Waals surface area (Å²) in [6.07, 6.45) is 2.04. The normalized spacial score (nSPS) is 19.7. The molecule has 44 heavy (non-hydrogen) atoms. The number of ether oxygens (including phenoxy) is 1. The Morgan fingerprint density at radius 2 is 1.95 bits per heavy atom. The van der Waals surface area contributed by atoms with Crippen molar-refractivity contribution in [2.45, 2.75) is 58.2 Å². The average molecular weight is 608 g/mol. The average Bonchev–Trinajstić information content (AvgIpc) is 3.47. The number of nitrogens with two attached hydrogens (primary N) is 1. The van der Waals surface area contributed by atoms with Crippen molar-refractivity contribution < 1.29 is 27.5 Å². The summed E-state index contributed by atoms with van der Waals surface area (Å²) < 4.78 is 47.3. The molecular weight excluding hydrogens is 575 g/mol. The lowest BCUT2D eigenvalue weighted by Gasteiger charge is -2.39. The molecular formula is C31H32F3N7O3. The van der Waals surface area contributed by atoms with Crippen molar-refractivity contribution in [3.05, 3.63) is 65.9 Å². The number of nitrogens with zero attached hydrogens (tertiary/aromatic N) is 5. The number of anilines is 2. The van der Waals surface area contributed by atoms with Gasteiger partial charge in [0.1, 0.15) is 34.4 Å². The number of amides is 2. The number of nitrogens with one attached hydrogen (secondary N) is 1. The quantitative estimate of drug-likeness (QED) is 0.294. The van der Waals surface area contributed by atoms with Crippen LogP contribution in [0.3, 0.4) is 0 Å². The Balaban J connectivity index is 1.35. The molecule has 2 saturated heterocycles. The summed E-state index contributed by atoms with van der Waals surface area (Å²) in [5, 5.41) is 2.43. The molecule has 0 saturated carbocycles. The number of fused-ring (bicyclic) bond motifs is 2. The van der Waals surface area contributed by atoms with E-state index in [0.717, 1.165) is 37.0 Å². The smallest absolute Gasteiger partial charge is 0.416 e. The molecule has 0 unspecified atom stereocenters. The van der Waals surface area contributed by atoms with E-state index in [1.54, 1.807) is 25.4 Å². The molecule has 3 N–H and O–H groups in total. The van der Waals surface area contributed by atoms with Crippen molar-refractivity contribution in [2.24, 2.45) is 5.41 Å². The van der Waals surface area contributed by atoms with Crippen molar-refractivity contribution in [1.29, 1.82) is 0 Å². The van der Waals surface area contributed by atoms with Crippen LogP contribution in [0, 0.1) is 5.41 Å². The number of carbonyl (C=O) groups is 2. The zero-order valence-electron chi connectivity index (χ0n) is 24.5. The van der Waals surface area contributed by atoms with E-state index in [0.29, 0.717) is 35.5 Å². The number of hydrogen-bond donors (Lipinski definition) is 2. The summed E-state index contributed by atoms with van der Waals surface area (Å²) in [5.41, 5.74) is 7.19. The maximum Gasteiger partial charge on any atom is 0.416 e. The number of alkyl halides is 3. The predicted molar refractivity (Wildman–Crippen MR) is 157 cm³/mol. The number of halogens is 3. The molecule has 2 fully saturated rings. The molecule has 13 heteroatoms. The third-order valence-electron chi connectivity index (χ3n) is 8.51. The maximum atomic E-state index is 13.1. The first-order chi connectivity index (χ1) is 20.9. The number of carbonyl (C=O) groups excluding carboxylic acids is 2. The summed E-state index contributed by atoms with van der Waals surface area (Å²) in [7, 11) is 0. The fraction of sp³-hybridized carbons (Fsp3) is 0.387. The van der Waals surface area contributed by atoms with Crippen LogP contribution in [0.5, 0.6) is 5.75 Å². The second-order valence-electron chi connectivity index (χ2n) is 11.9. The maximum absolute atomic E-state index is 13.1. The molecule has 1 aromatic carbocycles. The number of hydrogen-bond acceptors (Lipinski definition) is 7. The van der Waals surface area contributed by atoms with Crippen molar-refractivity contribution in [2.75, 3.05) is 24.2 Å². The van der Waals surface area contributed by atoms with Gasteiger partial charge in [-0.2, -0.15) is 13.2 Å². The lowest BCUT2D eigenvalue weighted by molar-refractivity contribution is -0.137. The number of aromatic nitrogens is 4. The van der Waals surface area contributed by atoms with E-state index in [1.807, 2.05) is 9.30 Å². The number of pyridine rings is 1. The third kappa shape index (κ3) is 5.20. The SMILES string of the molecule is CCOc1cc(C(=O)Nc2cc(C(F)(F)F)ccn2)ccc1-c1nc([C@H]2CC[C@H]3N(C2)C(=O)CC3(C)C)n2ccnc(N)c12. The van der Waals surface area contributed by atoms with Crippen LogP contribution in [0.25, 0.3) is 16.8 Å². The number of benzene rings is 1. The molecule has 2 aliphatic heterocycles. The van der Waals surface area contributed by atoms with Crippen LogP contribution >= 0.6 is 0 Å². The van der Waals surface area contributed by atoms with Gasteiger partial charge < -0.3 is 20.7 Å². The number of imidazole rings is 1. The van der Waals surface area contributed by atoms with E-state index >= 15 is 0 Å². The van der Waals surface area contributed by atoms with Gasteiger partial charge in [0.25, 0.3) is 5.91 Å². The molecule has 2 amide bonds. The van der Waals surface area contributed by atoms with Crippen molar-refractivity contribution in [3.63, 3.8) is 0 Å². The molecule has 2 aliphatic rings. The minimum atomic E-state index is -4.57. The molecule has 10 nitrogen and oxygen atoms in total. The molecule has 3 aromatic heterocycles. The lowest BCUT2D eigenvalue weighted by atomic mass is 9.79. The van der Waals surface area contributed by atoms with Crippen molar-refractivity contribution in [3.8, 4) is 17.0 Å². The first-order valence-electron chi connectivity index (χ1n) is 14.4. The zero-order valence-corrected chi connectivity index (χ0v) is 24.5. The number of nitrogen functional groups attached to an aromatic ring is 1. The van der Waals surface area contributed by atoms with Gasteiger partial charge in [0.05, 0.1) is 12.2 Å². The van der Waals surface area contributed by atoms with Gasteiger partial charge in [-0.05, 0) is 55.5 Å². The van der Waals surface area contributed by atoms with Gasteiger partial charge in [0, 0.05) is 54.6 Å². The summed E-state index contributed by atoms with van der Waals surface area (Å²) in [6.45, 7) is 6.90. The summed E-state index contributed by atoms with van der Waals surface area (Å²) in [5.74, 6) is 0.577. The minimum Gasteiger partial charge on any atom is -0.493 e. The molecule has 0 radical (unpaired) electrons. The Hall–Kier alpha value is -4.68. The zero-order chi connectivity index (χ0) is 31.4. The van der Waals surface area contributed by atoms with Crippen molar-refractivity contribution >= 4 is 29.0 Å². The third-order valence-corrected chi connectivity index (χ3v) is 8.51. The van der Waals surface area contributed by atoms with Gasteiger partial charge in [-0.1, -0.05) is 13.8 Å². The Kier molecular flexibility index (Phi) is 7.21.